The topological polar surface area (TPSA) is 155 Å². The van der Waals surface area contributed by atoms with Crippen molar-refractivity contribution < 1.29 is 34.1 Å². The van der Waals surface area contributed by atoms with Crippen molar-refractivity contribution >= 4 is 17.2 Å². The second kappa shape index (κ2) is 22.3. The number of ketones is 1. The predicted molar refractivity (Wildman–Crippen MR) is 236 cm³/mol. The number of unbranched alkanes of at least 4 members (excludes halogenated alkanes) is 10. The van der Waals surface area contributed by atoms with Gasteiger partial charge in [-0.05, 0) is 66.3 Å². The molecule has 0 aromatic heterocycles. The van der Waals surface area contributed by atoms with Crippen LogP contribution in [0.15, 0.2) is 103 Å². The third-order valence-electron chi connectivity index (χ3n) is 10.1. The van der Waals surface area contributed by atoms with Crippen LogP contribution in [0.3, 0.4) is 0 Å². The van der Waals surface area contributed by atoms with Gasteiger partial charge in [-0.1, -0.05) is 147 Å². The molecule has 5 rings (SSSR count). The summed E-state index contributed by atoms with van der Waals surface area (Å²) in [7, 11) is 0. The largest absolute Gasteiger partial charge is 0.452 e. The highest BCUT2D eigenvalue weighted by Gasteiger charge is 2.33. The maximum Gasteiger partial charge on any atom is 0.273 e. The van der Waals surface area contributed by atoms with Crippen LogP contribution in [0.2, 0.25) is 0 Å². The van der Waals surface area contributed by atoms with Crippen LogP contribution in [-0.4, -0.2) is 16.2 Å². The summed E-state index contributed by atoms with van der Waals surface area (Å²) in [6, 6.07) is 30.0. The first-order valence-electron chi connectivity index (χ1n) is 20.7. The van der Waals surface area contributed by atoms with Crippen molar-refractivity contribution in [3.63, 3.8) is 0 Å². The van der Waals surface area contributed by atoms with Gasteiger partial charge in [0.15, 0.2) is 17.3 Å². The molecular weight excluding hydrogens is 745 g/mol. The summed E-state index contributed by atoms with van der Waals surface area (Å²) >= 11 is 0. The normalized spacial score (nSPS) is 11.1. The number of para-hydroxylation sites is 2. The molecule has 0 saturated heterocycles. The van der Waals surface area contributed by atoms with E-state index in [4.69, 9.17) is 24.7 Å². The van der Waals surface area contributed by atoms with E-state index in [0.29, 0.717) is 23.7 Å². The zero-order chi connectivity index (χ0) is 41.5. The van der Waals surface area contributed by atoms with E-state index in [-0.39, 0.29) is 68.8 Å². The van der Waals surface area contributed by atoms with Gasteiger partial charge in [0.2, 0.25) is 11.5 Å². The van der Waals surface area contributed by atoms with Gasteiger partial charge in [0.25, 0.3) is 5.69 Å². The molecule has 5 aromatic rings. The average Bonchev–Trinajstić information content (AvgIpc) is 3.20. The minimum atomic E-state index is -0.503. The molecule has 0 amide bonds. The molecular formula is C49H60N2O8. The van der Waals surface area contributed by atoms with E-state index in [1.165, 1.54) is 63.1 Å². The van der Waals surface area contributed by atoms with Crippen molar-refractivity contribution in [1.82, 2.24) is 0 Å². The quantitative estimate of drug-likeness (QED) is 0.0238. The number of benzene rings is 5. The van der Waals surface area contributed by atoms with Gasteiger partial charge in [-0.15, -0.1) is 0 Å². The van der Waals surface area contributed by atoms with Crippen molar-refractivity contribution in [2.24, 2.45) is 0 Å². The summed E-state index contributed by atoms with van der Waals surface area (Å²) in [5, 5.41) is 11.8. The standard InChI is InChI=1S/C49H58N2O7.H2O/c1-6-7-8-9-10-11-12-13-14-15-19-28-41(52)43-44(50)46(55-38-25-17-16-18-26-38)48(58-42-29-21-20-23-35(42)2)47(56-39-32-30-36(31-33-39)49(3,4)5)45(43)57-40-27-22-24-37(34-40)51(53)54;/h16-18,20-27,29-34H,6-15,19,28,50H2,1-5H3;1H2. The zero-order valence-electron chi connectivity index (χ0n) is 35.2. The molecule has 0 atom stereocenters. The molecule has 5 aromatic carbocycles. The maximum absolute atomic E-state index is 14.6. The van der Waals surface area contributed by atoms with Crippen molar-refractivity contribution in [3.05, 3.63) is 130 Å². The number of nitrogens with two attached hydrogens (primary N) is 1. The third kappa shape index (κ3) is 13.1. The number of nitrogen functional groups attached to an aromatic ring is 1. The van der Waals surface area contributed by atoms with E-state index in [1.54, 1.807) is 18.2 Å². The van der Waals surface area contributed by atoms with Gasteiger partial charge in [-0.3, -0.25) is 14.9 Å². The summed E-state index contributed by atoms with van der Waals surface area (Å²) in [6.45, 7) is 10.5. The Bertz CT molecular complexity index is 2110. The lowest BCUT2D eigenvalue weighted by Crippen LogP contribution is -2.11. The first-order chi connectivity index (χ1) is 28.0. The molecule has 0 aliphatic heterocycles. The number of nitro groups is 1. The fourth-order valence-corrected chi connectivity index (χ4v) is 6.72. The van der Waals surface area contributed by atoms with E-state index in [1.807, 2.05) is 73.7 Å². The molecule has 10 nitrogen and oxygen atoms in total. The number of non-ortho nitro benzene ring substituents is 1. The number of carbonyl (C=O) groups excluding carboxylic acids is 1. The number of nitro benzene ring substituents is 1. The lowest BCUT2D eigenvalue weighted by atomic mass is 9.87. The van der Waals surface area contributed by atoms with Crippen LogP contribution in [0.5, 0.6) is 46.0 Å². The Balaban J connectivity index is 0.00000769. The van der Waals surface area contributed by atoms with Crippen molar-refractivity contribution in [1.29, 1.82) is 0 Å². The molecule has 0 aliphatic rings. The molecule has 0 fully saturated rings. The summed E-state index contributed by atoms with van der Waals surface area (Å²) in [5.74, 6) is 1.37. The van der Waals surface area contributed by atoms with Crippen LogP contribution < -0.4 is 24.7 Å². The first-order valence-corrected chi connectivity index (χ1v) is 20.7. The number of anilines is 1. The SMILES string of the molecule is CCCCCCCCCCCCCC(=O)c1c(N)c(Oc2ccccc2)c(Oc2ccccc2C)c(Oc2ccc(C(C)(C)C)cc2)c1Oc1cccc([N+](=O)[O-])c1.O. The van der Waals surface area contributed by atoms with Gasteiger partial charge in [0.1, 0.15) is 23.0 Å². The number of aryl methyl sites for hydroxylation is 1. The lowest BCUT2D eigenvalue weighted by molar-refractivity contribution is -0.384. The van der Waals surface area contributed by atoms with Gasteiger partial charge in [0, 0.05) is 12.5 Å². The van der Waals surface area contributed by atoms with Crippen molar-refractivity contribution in [2.45, 2.75) is 117 Å². The Morgan fingerprint density at radius 2 is 1.15 bits per heavy atom. The molecule has 0 bridgehead atoms. The highest BCUT2D eigenvalue weighted by Crippen LogP contribution is 2.56. The lowest BCUT2D eigenvalue weighted by Gasteiger charge is -2.24. The Morgan fingerprint density at radius 1 is 0.627 bits per heavy atom. The average molecular weight is 805 g/mol. The molecule has 0 radical (unpaired) electrons. The van der Waals surface area contributed by atoms with E-state index >= 15 is 0 Å². The summed E-state index contributed by atoms with van der Waals surface area (Å²) < 4.78 is 26.5. The molecule has 314 valence electrons. The monoisotopic (exact) mass is 804 g/mol. The van der Waals surface area contributed by atoms with Crippen LogP contribution >= 0.6 is 0 Å². The summed E-state index contributed by atoms with van der Waals surface area (Å²) in [4.78, 5) is 25.9. The van der Waals surface area contributed by atoms with Gasteiger partial charge >= 0.3 is 0 Å². The third-order valence-corrected chi connectivity index (χ3v) is 10.1. The second-order valence-electron chi connectivity index (χ2n) is 15.8. The molecule has 0 saturated carbocycles. The summed E-state index contributed by atoms with van der Waals surface area (Å²) in [6.07, 6.45) is 12.7. The highest BCUT2D eigenvalue weighted by molar-refractivity contribution is 6.07. The molecule has 0 spiro atoms. The van der Waals surface area contributed by atoms with Crippen molar-refractivity contribution in [3.8, 4) is 46.0 Å². The Morgan fingerprint density at radius 3 is 1.76 bits per heavy atom. The zero-order valence-corrected chi connectivity index (χ0v) is 35.2. The van der Waals surface area contributed by atoms with Crippen LogP contribution in [0.4, 0.5) is 11.4 Å². The second-order valence-corrected chi connectivity index (χ2v) is 15.8. The Labute approximate surface area is 349 Å². The first kappa shape index (κ1) is 45.8. The smallest absolute Gasteiger partial charge is 0.273 e. The van der Waals surface area contributed by atoms with E-state index in [9.17, 15) is 14.9 Å². The number of nitrogens with zero attached hydrogens (tertiary/aromatic N) is 1. The van der Waals surface area contributed by atoms with Gasteiger partial charge < -0.3 is 30.2 Å². The Hall–Kier alpha value is -5.87. The van der Waals surface area contributed by atoms with Gasteiger partial charge in [0.05, 0.1) is 22.2 Å². The predicted octanol–water partition coefficient (Wildman–Crippen LogP) is 14.0. The van der Waals surface area contributed by atoms with Crippen molar-refractivity contribution in [2.75, 3.05) is 5.73 Å². The van der Waals surface area contributed by atoms with E-state index < -0.39 is 4.92 Å². The molecule has 59 heavy (non-hydrogen) atoms. The number of hydrogen-bond acceptors (Lipinski definition) is 8. The fourth-order valence-electron chi connectivity index (χ4n) is 6.72. The molecule has 4 N–H and O–H groups in total. The van der Waals surface area contributed by atoms with Crippen LogP contribution in [0, 0.1) is 17.0 Å². The van der Waals surface area contributed by atoms with E-state index in [2.05, 4.69) is 27.7 Å². The number of ether oxygens (including phenoxy) is 4. The van der Waals surface area contributed by atoms with E-state index in [0.717, 1.165) is 30.4 Å². The molecule has 0 unspecified atom stereocenters. The number of rotatable bonds is 22. The number of Topliss-reactive ketones (excluding diaryl/α,β-unsaturated/α-hetero) is 1. The number of carbonyl (C=O) groups is 1. The van der Waals surface area contributed by atoms with Gasteiger partial charge in [-0.25, -0.2) is 0 Å². The fraction of sp³-hybridized carbons (Fsp3) is 0.367. The highest BCUT2D eigenvalue weighted by atomic mass is 16.6. The maximum atomic E-state index is 14.6. The minimum absolute atomic E-state index is 0. The van der Waals surface area contributed by atoms with Gasteiger partial charge in [-0.2, -0.15) is 0 Å². The van der Waals surface area contributed by atoms with Crippen LogP contribution in [0.1, 0.15) is 126 Å². The molecule has 0 heterocycles. The Kier molecular flexibility index (Phi) is 17.3. The van der Waals surface area contributed by atoms with Crippen LogP contribution in [-0.2, 0) is 5.41 Å². The minimum Gasteiger partial charge on any atom is -0.452 e. The summed E-state index contributed by atoms with van der Waals surface area (Å²) in [5.41, 5.74) is 8.71. The number of hydrogen-bond donors (Lipinski definition) is 1. The molecule has 0 aliphatic carbocycles. The molecule has 10 heteroatoms. The van der Waals surface area contributed by atoms with Crippen LogP contribution in [0.25, 0.3) is 0 Å².